The molecule has 1 aromatic heterocycles. The van der Waals surface area contributed by atoms with Gasteiger partial charge in [-0.25, -0.2) is 14.4 Å². The maximum absolute atomic E-state index is 13.0. The lowest BCUT2D eigenvalue weighted by Crippen LogP contribution is -2.56. The number of nitrogens with zero attached hydrogens (tertiary/aromatic N) is 4. The Labute approximate surface area is 167 Å². The van der Waals surface area contributed by atoms with E-state index in [0.29, 0.717) is 24.7 Å². The van der Waals surface area contributed by atoms with E-state index in [2.05, 4.69) is 25.5 Å². The fourth-order valence-corrected chi connectivity index (χ4v) is 3.34. The molecule has 0 radical (unpaired) electrons. The number of rotatable bonds is 3. The average molecular weight is 396 g/mol. The first kappa shape index (κ1) is 18.9. The van der Waals surface area contributed by atoms with Crippen LogP contribution in [0.25, 0.3) is 0 Å². The Hall–Kier alpha value is -3.49. The summed E-state index contributed by atoms with van der Waals surface area (Å²) in [6.45, 7) is 2.78. The van der Waals surface area contributed by atoms with Crippen LogP contribution in [0.4, 0.5) is 15.9 Å². The number of piperazine rings is 1. The number of benzene rings is 1. The van der Waals surface area contributed by atoms with Gasteiger partial charge in [0.15, 0.2) is 0 Å². The van der Waals surface area contributed by atoms with Crippen LogP contribution in [0.15, 0.2) is 53.7 Å². The summed E-state index contributed by atoms with van der Waals surface area (Å²) in [5, 5.41) is 5.45. The van der Waals surface area contributed by atoms with Crippen LogP contribution in [0.5, 0.6) is 0 Å². The number of guanidine groups is 1. The molecule has 1 atom stereocenters. The third kappa shape index (κ3) is 4.50. The second-order valence-electron chi connectivity index (χ2n) is 6.88. The van der Waals surface area contributed by atoms with Gasteiger partial charge < -0.3 is 15.1 Å². The van der Waals surface area contributed by atoms with Gasteiger partial charge in [0, 0.05) is 38.1 Å². The molecule has 1 aromatic carbocycles. The first-order valence-corrected chi connectivity index (χ1v) is 9.43. The SMILES string of the molecule is O=C1C[C@H](C(=O)Nc2ccc(F)cc2)N=C(N2CCN(c3ccccn3)CC2)N1. The number of anilines is 2. The summed E-state index contributed by atoms with van der Waals surface area (Å²) in [5.41, 5.74) is 0.461. The van der Waals surface area contributed by atoms with Crippen LogP contribution in [-0.4, -0.2) is 59.9 Å². The Morgan fingerprint density at radius 2 is 1.79 bits per heavy atom. The maximum atomic E-state index is 13.0. The fraction of sp³-hybridized carbons (Fsp3) is 0.300. The molecule has 4 rings (SSSR count). The number of aliphatic imine (C=N–C) groups is 1. The summed E-state index contributed by atoms with van der Waals surface area (Å²) in [5.74, 6) is 0.308. The normalized spacial score (nSPS) is 19.4. The van der Waals surface area contributed by atoms with Crippen molar-refractivity contribution in [3.8, 4) is 0 Å². The lowest BCUT2D eigenvalue weighted by atomic mass is 10.1. The van der Waals surface area contributed by atoms with Crippen LogP contribution in [0.2, 0.25) is 0 Å². The van der Waals surface area contributed by atoms with Gasteiger partial charge in [0.1, 0.15) is 17.7 Å². The number of carbonyl (C=O) groups excluding carboxylic acids is 2. The Balaban J connectivity index is 1.40. The minimum Gasteiger partial charge on any atom is -0.353 e. The molecule has 2 N–H and O–H groups in total. The summed E-state index contributed by atoms with van der Waals surface area (Å²) in [4.78, 5) is 37.6. The molecule has 1 saturated heterocycles. The van der Waals surface area contributed by atoms with Crippen molar-refractivity contribution in [3.05, 3.63) is 54.5 Å². The van der Waals surface area contributed by atoms with Gasteiger partial charge in [-0.05, 0) is 36.4 Å². The number of hydrogen-bond acceptors (Lipinski definition) is 6. The predicted octanol–water partition coefficient (Wildman–Crippen LogP) is 1.23. The third-order valence-electron chi connectivity index (χ3n) is 4.87. The van der Waals surface area contributed by atoms with E-state index < -0.39 is 11.9 Å². The molecule has 0 aliphatic carbocycles. The minimum atomic E-state index is -0.822. The van der Waals surface area contributed by atoms with Gasteiger partial charge >= 0.3 is 0 Å². The van der Waals surface area contributed by atoms with Crippen LogP contribution < -0.4 is 15.5 Å². The Kier molecular flexibility index (Phi) is 5.37. The molecule has 3 heterocycles. The van der Waals surface area contributed by atoms with Crippen LogP contribution in [-0.2, 0) is 9.59 Å². The molecule has 2 amide bonds. The number of hydrogen-bond donors (Lipinski definition) is 2. The van der Waals surface area contributed by atoms with Crippen molar-refractivity contribution in [1.29, 1.82) is 0 Å². The molecule has 2 aliphatic heterocycles. The van der Waals surface area contributed by atoms with E-state index in [-0.39, 0.29) is 18.1 Å². The van der Waals surface area contributed by atoms with E-state index in [1.807, 2.05) is 23.1 Å². The number of pyridine rings is 1. The van der Waals surface area contributed by atoms with Crippen LogP contribution in [0, 0.1) is 5.82 Å². The van der Waals surface area contributed by atoms with E-state index in [1.165, 1.54) is 24.3 Å². The zero-order chi connectivity index (χ0) is 20.2. The Bertz CT molecular complexity index is 910. The lowest BCUT2D eigenvalue weighted by molar-refractivity contribution is -0.125. The first-order chi connectivity index (χ1) is 14.1. The van der Waals surface area contributed by atoms with Crippen molar-refractivity contribution < 1.29 is 14.0 Å². The summed E-state index contributed by atoms with van der Waals surface area (Å²) >= 11 is 0. The van der Waals surface area contributed by atoms with Gasteiger partial charge in [0.2, 0.25) is 17.8 Å². The molecular formula is C20H21FN6O2. The molecule has 29 heavy (non-hydrogen) atoms. The molecule has 9 heteroatoms. The summed E-state index contributed by atoms with van der Waals surface area (Å²) in [6.07, 6.45) is 1.74. The van der Waals surface area contributed by atoms with Gasteiger partial charge in [-0.2, -0.15) is 0 Å². The molecule has 0 saturated carbocycles. The highest BCUT2D eigenvalue weighted by atomic mass is 19.1. The molecular weight excluding hydrogens is 375 g/mol. The highest BCUT2D eigenvalue weighted by Crippen LogP contribution is 2.16. The van der Waals surface area contributed by atoms with Gasteiger partial charge in [-0.1, -0.05) is 6.07 Å². The van der Waals surface area contributed by atoms with Gasteiger partial charge in [0.05, 0.1) is 6.42 Å². The topological polar surface area (TPSA) is 89.9 Å². The van der Waals surface area contributed by atoms with Gasteiger partial charge in [-0.3, -0.25) is 14.9 Å². The van der Waals surface area contributed by atoms with Crippen molar-refractivity contribution >= 4 is 29.3 Å². The summed E-state index contributed by atoms with van der Waals surface area (Å²) in [6, 6.07) is 10.4. The summed E-state index contributed by atoms with van der Waals surface area (Å²) < 4.78 is 13.0. The van der Waals surface area contributed by atoms with E-state index in [0.717, 1.165) is 18.9 Å². The van der Waals surface area contributed by atoms with E-state index in [9.17, 15) is 14.0 Å². The van der Waals surface area contributed by atoms with Crippen LogP contribution in [0.1, 0.15) is 6.42 Å². The fourth-order valence-electron chi connectivity index (χ4n) is 3.34. The molecule has 0 bridgehead atoms. The smallest absolute Gasteiger partial charge is 0.249 e. The molecule has 8 nitrogen and oxygen atoms in total. The van der Waals surface area contributed by atoms with Crippen molar-refractivity contribution in [3.63, 3.8) is 0 Å². The zero-order valence-corrected chi connectivity index (χ0v) is 15.7. The van der Waals surface area contributed by atoms with Crippen molar-refractivity contribution in [2.75, 3.05) is 36.4 Å². The number of aromatic nitrogens is 1. The number of amides is 2. The zero-order valence-electron chi connectivity index (χ0n) is 15.7. The second kappa shape index (κ2) is 8.26. The molecule has 1 fully saturated rings. The molecule has 2 aliphatic rings. The maximum Gasteiger partial charge on any atom is 0.249 e. The number of carbonyl (C=O) groups is 2. The average Bonchev–Trinajstić information content (AvgIpc) is 2.75. The van der Waals surface area contributed by atoms with E-state index in [4.69, 9.17) is 0 Å². The quantitative estimate of drug-likeness (QED) is 0.815. The molecule has 2 aromatic rings. The monoisotopic (exact) mass is 396 g/mol. The van der Waals surface area contributed by atoms with Crippen molar-refractivity contribution in [2.45, 2.75) is 12.5 Å². The highest BCUT2D eigenvalue weighted by molar-refractivity contribution is 6.06. The van der Waals surface area contributed by atoms with Gasteiger partial charge in [-0.15, -0.1) is 0 Å². The van der Waals surface area contributed by atoms with Gasteiger partial charge in [0.25, 0.3) is 0 Å². The Morgan fingerprint density at radius 3 is 2.48 bits per heavy atom. The minimum absolute atomic E-state index is 0.0234. The van der Waals surface area contributed by atoms with E-state index in [1.54, 1.807) is 6.20 Å². The first-order valence-electron chi connectivity index (χ1n) is 9.43. The van der Waals surface area contributed by atoms with Crippen molar-refractivity contribution in [2.24, 2.45) is 4.99 Å². The predicted molar refractivity (Wildman–Crippen MR) is 107 cm³/mol. The molecule has 0 spiro atoms. The number of halogens is 1. The lowest BCUT2D eigenvalue weighted by Gasteiger charge is -2.38. The Morgan fingerprint density at radius 1 is 1.07 bits per heavy atom. The molecule has 0 unspecified atom stereocenters. The molecule has 150 valence electrons. The van der Waals surface area contributed by atoms with Crippen molar-refractivity contribution in [1.82, 2.24) is 15.2 Å². The third-order valence-corrected chi connectivity index (χ3v) is 4.87. The second-order valence-corrected chi connectivity index (χ2v) is 6.88. The largest absolute Gasteiger partial charge is 0.353 e. The van der Waals surface area contributed by atoms with Crippen LogP contribution in [0.3, 0.4) is 0 Å². The number of nitrogens with one attached hydrogen (secondary N) is 2. The van der Waals surface area contributed by atoms with E-state index >= 15 is 0 Å². The highest BCUT2D eigenvalue weighted by Gasteiger charge is 2.30. The standard InChI is InChI=1S/C20H21FN6O2/c21-14-4-6-15(7-5-14)23-19(29)16-13-18(28)25-20(24-16)27-11-9-26(10-12-27)17-3-1-2-8-22-17/h1-8,16H,9-13H2,(H,23,29)(H,24,25,28)/t16-/m1/s1. The summed E-state index contributed by atoms with van der Waals surface area (Å²) in [7, 11) is 0. The van der Waals surface area contributed by atoms with Crippen LogP contribution >= 0.6 is 0 Å².